The molecule has 7 heteroatoms. The standard InChI is InChI=1S/C24H26NO5P/c1-29-17-8-18-30-31(27,28)23(22-14-7-12-20-11-5-6-13-21(20)22)24(26)25-16-15-19-9-3-2-4-10-19/h2-7,9-16,23H,8,17-18H2,1H3,(H,25,26)(H,27,28)/b16-15+. The van der Waals surface area contributed by atoms with E-state index in [-0.39, 0.29) is 6.61 Å². The van der Waals surface area contributed by atoms with E-state index >= 15 is 0 Å². The third-order valence-corrected chi connectivity index (χ3v) is 6.48. The zero-order valence-corrected chi connectivity index (χ0v) is 18.2. The molecule has 0 radical (unpaired) electrons. The number of rotatable bonds is 10. The second-order valence-corrected chi connectivity index (χ2v) is 8.87. The number of ether oxygens (including phenoxy) is 1. The Hall–Kier alpha value is -2.76. The lowest BCUT2D eigenvalue weighted by Gasteiger charge is -2.23. The van der Waals surface area contributed by atoms with Gasteiger partial charge in [0.1, 0.15) is 0 Å². The quantitative estimate of drug-likeness (QED) is 0.347. The highest BCUT2D eigenvalue weighted by molar-refractivity contribution is 7.54. The van der Waals surface area contributed by atoms with Gasteiger partial charge in [0.2, 0.25) is 5.91 Å². The molecule has 0 aliphatic rings. The van der Waals surface area contributed by atoms with Gasteiger partial charge in [-0.3, -0.25) is 9.36 Å². The number of amides is 1. The van der Waals surface area contributed by atoms with Gasteiger partial charge in [-0.15, -0.1) is 0 Å². The number of nitrogens with one attached hydrogen (secondary N) is 1. The van der Waals surface area contributed by atoms with Crippen LogP contribution in [0.15, 0.2) is 79.0 Å². The number of fused-ring (bicyclic) bond motifs is 1. The summed E-state index contributed by atoms with van der Waals surface area (Å²) in [5.74, 6) is -0.610. The fraction of sp³-hybridized carbons (Fsp3) is 0.208. The molecule has 2 N–H and O–H groups in total. The maximum absolute atomic E-state index is 13.2. The van der Waals surface area contributed by atoms with E-state index in [9.17, 15) is 14.3 Å². The lowest BCUT2D eigenvalue weighted by Crippen LogP contribution is -2.26. The van der Waals surface area contributed by atoms with Crippen LogP contribution in [0.2, 0.25) is 0 Å². The highest BCUT2D eigenvalue weighted by Crippen LogP contribution is 2.57. The Balaban J connectivity index is 1.91. The number of carbonyl (C=O) groups excluding carboxylic acids is 1. The van der Waals surface area contributed by atoms with Crippen LogP contribution in [0.25, 0.3) is 16.8 Å². The molecule has 3 aromatic carbocycles. The summed E-state index contributed by atoms with van der Waals surface area (Å²) in [6.45, 7) is 0.404. The smallest absolute Gasteiger partial charge is 0.344 e. The van der Waals surface area contributed by atoms with E-state index < -0.39 is 19.2 Å². The molecule has 0 aliphatic heterocycles. The Bertz CT molecular complexity index is 1080. The molecule has 31 heavy (non-hydrogen) atoms. The minimum Gasteiger partial charge on any atom is -0.385 e. The van der Waals surface area contributed by atoms with Crippen molar-refractivity contribution in [1.29, 1.82) is 0 Å². The Labute approximate surface area is 182 Å². The van der Waals surface area contributed by atoms with Gasteiger partial charge in [-0.05, 0) is 34.4 Å². The predicted molar refractivity (Wildman–Crippen MR) is 123 cm³/mol. The molecule has 1 amide bonds. The van der Waals surface area contributed by atoms with Crippen molar-refractivity contribution in [3.05, 3.63) is 90.1 Å². The normalized spacial score (nSPS) is 14.4. The van der Waals surface area contributed by atoms with Crippen molar-refractivity contribution >= 4 is 30.4 Å². The predicted octanol–water partition coefficient (Wildman–Crippen LogP) is 4.91. The first kappa shape index (κ1) is 22.9. The average Bonchev–Trinajstić information content (AvgIpc) is 2.78. The van der Waals surface area contributed by atoms with E-state index in [1.807, 2.05) is 60.7 Å². The van der Waals surface area contributed by atoms with E-state index in [1.54, 1.807) is 25.3 Å². The molecule has 3 rings (SSSR count). The van der Waals surface area contributed by atoms with Gasteiger partial charge in [0.05, 0.1) is 6.61 Å². The molecule has 0 aromatic heterocycles. The molecule has 3 aromatic rings. The summed E-state index contributed by atoms with van der Waals surface area (Å²) in [5, 5.41) is 4.25. The molecule has 0 bridgehead atoms. The topological polar surface area (TPSA) is 84.9 Å². The van der Waals surface area contributed by atoms with Crippen LogP contribution in [0, 0.1) is 0 Å². The van der Waals surface area contributed by atoms with Gasteiger partial charge < -0.3 is 19.5 Å². The fourth-order valence-electron chi connectivity index (χ4n) is 3.29. The number of hydrogen-bond acceptors (Lipinski definition) is 4. The Morgan fingerprint density at radius 1 is 1.03 bits per heavy atom. The van der Waals surface area contributed by atoms with Crippen molar-refractivity contribution < 1.29 is 23.5 Å². The van der Waals surface area contributed by atoms with E-state index in [2.05, 4.69) is 5.32 Å². The largest absolute Gasteiger partial charge is 0.385 e. The number of methoxy groups -OCH3 is 1. The van der Waals surface area contributed by atoms with E-state index in [0.29, 0.717) is 18.6 Å². The van der Waals surface area contributed by atoms with Gasteiger partial charge in [0.15, 0.2) is 5.66 Å². The summed E-state index contributed by atoms with van der Waals surface area (Å²) in [6.07, 6.45) is 3.64. The van der Waals surface area contributed by atoms with Crippen molar-refractivity contribution in [2.75, 3.05) is 20.3 Å². The van der Waals surface area contributed by atoms with Crippen LogP contribution in [-0.2, 0) is 18.6 Å². The van der Waals surface area contributed by atoms with Crippen LogP contribution < -0.4 is 5.32 Å². The van der Waals surface area contributed by atoms with Gasteiger partial charge >= 0.3 is 7.60 Å². The summed E-state index contributed by atoms with van der Waals surface area (Å²) in [5.41, 5.74) is -0.0321. The zero-order valence-electron chi connectivity index (χ0n) is 17.3. The second-order valence-electron chi connectivity index (χ2n) is 6.97. The molecular formula is C24H26NO5P. The number of carbonyl (C=O) groups is 1. The van der Waals surface area contributed by atoms with Gasteiger partial charge in [-0.2, -0.15) is 0 Å². The van der Waals surface area contributed by atoms with Crippen molar-refractivity contribution in [3.8, 4) is 0 Å². The molecule has 162 valence electrons. The summed E-state index contributed by atoms with van der Waals surface area (Å²) < 4.78 is 23.5. The highest BCUT2D eigenvalue weighted by Gasteiger charge is 2.40. The fourth-order valence-corrected chi connectivity index (χ4v) is 4.78. The number of benzene rings is 3. The first-order chi connectivity index (χ1) is 15.0. The maximum atomic E-state index is 13.2. The van der Waals surface area contributed by atoms with Crippen LogP contribution in [0.4, 0.5) is 0 Å². The van der Waals surface area contributed by atoms with Crippen LogP contribution in [0.3, 0.4) is 0 Å². The summed E-state index contributed by atoms with van der Waals surface area (Å²) in [4.78, 5) is 23.9. The molecule has 0 saturated carbocycles. The van der Waals surface area contributed by atoms with Crippen LogP contribution in [0.5, 0.6) is 0 Å². The molecule has 6 nitrogen and oxygen atoms in total. The molecule has 0 spiro atoms. The van der Waals surface area contributed by atoms with E-state index in [0.717, 1.165) is 16.3 Å². The van der Waals surface area contributed by atoms with Gasteiger partial charge in [0.25, 0.3) is 0 Å². The van der Waals surface area contributed by atoms with Crippen LogP contribution >= 0.6 is 7.60 Å². The van der Waals surface area contributed by atoms with Gasteiger partial charge in [-0.1, -0.05) is 72.8 Å². The lowest BCUT2D eigenvalue weighted by molar-refractivity contribution is -0.120. The number of hydrogen-bond donors (Lipinski definition) is 2. The first-order valence-corrected chi connectivity index (χ1v) is 11.6. The average molecular weight is 439 g/mol. The summed E-state index contributed by atoms with van der Waals surface area (Å²) in [7, 11) is -2.79. The van der Waals surface area contributed by atoms with Crippen LogP contribution in [0.1, 0.15) is 23.2 Å². The lowest BCUT2D eigenvalue weighted by atomic mass is 10.0. The first-order valence-electron chi connectivity index (χ1n) is 9.98. The van der Waals surface area contributed by atoms with Gasteiger partial charge in [-0.25, -0.2) is 0 Å². The zero-order chi connectivity index (χ0) is 22.1. The third-order valence-electron chi connectivity index (χ3n) is 4.76. The van der Waals surface area contributed by atoms with Crippen molar-refractivity contribution in [3.63, 3.8) is 0 Å². The molecule has 0 saturated heterocycles. The van der Waals surface area contributed by atoms with E-state index in [4.69, 9.17) is 9.26 Å². The van der Waals surface area contributed by atoms with Crippen molar-refractivity contribution in [2.45, 2.75) is 12.1 Å². The van der Waals surface area contributed by atoms with Crippen molar-refractivity contribution in [1.82, 2.24) is 5.32 Å². The Morgan fingerprint density at radius 3 is 2.52 bits per heavy atom. The molecule has 0 aliphatic carbocycles. The Kier molecular flexibility index (Phi) is 8.15. The SMILES string of the molecule is COCCCOP(=O)(O)C(C(=O)N/C=C/c1ccccc1)c1cccc2ccccc12. The summed E-state index contributed by atoms with van der Waals surface area (Å²) >= 11 is 0. The second kappa shape index (κ2) is 11.0. The maximum Gasteiger partial charge on any atom is 0.344 e. The molecule has 0 fully saturated rings. The molecular weight excluding hydrogens is 413 g/mol. The third kappa shape index (κ3) is 6.12. The highest BCUT2D eigenvalue weighted by atomic mass is 31.2. The van der Waals surface area contributed by atoms with Crippen LogP contribution in [-0.4, -0.2) is 31.1 Å². The van der Waals surface area contributed by atoms with Crippen molar-refractivity contribution in [2.24, 2.45) is 0 Å². The van der Waals surface area contributed by atoms with E-state index in [1.165, 1.54) is 6.20 Å². The van der Waals surface area contributed by atoms with Gasteiger partial charge in [0, 0.05) is 19.9 Å². The minimum atomic E-state index is -4.34. The Morgan fingerprint density at radius 2 is 1.74 bits per heavy atom. The summed E-state index contributed by atoms with van der Waals surface area (Å²) in [6, 6.07) is 22.2. The monoisotopic (exact) mass is 439 g/mol. The minimum absolute atomic E-state index is 0.00994. The molecule has 2 atom stereocenters. The molecule has 2 unspecified atom stereocenters. The molecule has 0 heterocycles.